The third-order valence-corrected chi connectivity index (χ3v) is 3.64. The van der Waals surface area contributed by atoms with Crippen molar-refractivity contribution in [1.29, 1.82) is 0 Å². The molecule has 0 spiro atoms. The zero-order chi connectivity index (χ0) is 16.4. The van der Waals surface area contributed by atoms with E-state index in [1.807, 2.05) is 7.05 Å². The van der Waals surface area contributed by atoms with Crippen molar-refractivity contribution in [2.45, 2.75) is 46.2 Å². The SMILES string of the molecule is CCNC(=NCc1ncnn1C)NCCCCN(C)C(C)C. The van der Waals surface area contributed by atoms with E-state index in [1.165, 1.54) is 6.42 Å². The second-order valence-corrected chi connectivity index (χ2v) is 5.70. The van der Waals surface area contributed by atoms with Gasteiger partial charge >= 0.3 is 0 Å². The second kappa shape index (κ2) is 10.2. The van der Waals surface area contributed by atoms with Gasteiger partial charge in [0.1, 0.15) is 18.7 Å². The van der Waals surface area contributed by atoms with Gasteiger partial charge in [-0.3, -0.25) is 4.68 Å². The van der Waals surface area contributed by atoms with Crippen LogP contribution in [-0.2, 0) is 13.6 Å². The topological polar surface area (TPSA) is 70.4 Å². The number of guanidine groups is 1. The number of aryl methyl sites for hydroxylation is 1. The highest BCUT2D eigenvalue weighted by atomic mass is 15.3. The minimum atomic E-state index is 0.530. The molecule has 7 heteroatoms. The molecule has 0 atom stereocenters. The first kappa shape index (κ1) is 18.4. The Bertz CT molecular complexity index is 439. The van der Waals surface area contributed by atoms with E-state index in [1.54, 1.807) is 11.0 Å². The number of aliphatic imine (C=N–C) groups is 1. The summed E-state index contributed by atoms with van der Waals surface area (Å²) >= 11 is 0. The van der Waals surface area contributed by atoms with Gasteiger partial charge in [-0.25, -0.2) is 9.98 Å². The maximum absolute atomic E-state index is 4.54. The normalized spacial score (nSPS) is 12.2. The summed E-state index contributed by atoms with van der Waals surface area (Å²) in [7, 11) is 4.05. The standard InChI is InChI=1S/C15H31N7/c1-6-16-15(18-11-14-19-12-20-22(14)5)17-9-7-8-10-21(4)13(2)3/h12-13H,6-11H2,1-5H3,(H2,16,17,18). The van der Waals surface area contributed by atoms with Crippen molar-refractivity contribution in [1.82, 2.24) is 30.3 Å². The van der Waals surface area contributed by atoms with E-state index in [4.69, 9.17) is 0 Å². The minimum absolute atomic E-state index is 0.530. The van der Waals surface area contributed by atoms with Gasteiger partial charge in [-0.05, 0) is 47.2 Å². The van der Waals surface area contributed by atoms with Crippen LogP contribution in [0.15, 0.2) is 11.3 Å². The lowest BCUT2D eigenvalue weighted by Crippen LogP contribution is -2.38. The van der Waals surface area contributed by atoms with Crippen LogP contribution in [0.4, 0.5) is 0 Å². The van der Waals surface area contributed by atoms with Crippen molar-refractivity contribution >= 4 is 5.96 Å². The van der Waals surface area contributed by atoms with Crippen LogP contribution in [0.5, 0.6) is 0 Å². The first-order chi connectivity index (χ1) is 10.5. The summed E-state index contributed by atoms with van der Waals surface area (Å²) in [5, 5.41) is 10.7. The minimum Gasteiger partial charge on any atom is -0.357 e. The molecular formula is C15H31N7. The molecule has 1 aromatic heterocycles. The molecule has 22 heavy (non-hydrogen) atoms. The third kappa shape index (κ3) is 6.89. The van der Waals surface area contributed by atoms with Crippen LogP contribution in [0.3, 0.4) is 0 Å². The van der Waals surface area contributed by atoms with E-state index in [-0.39, 0.29) is 0 Å². The number of aromatic nitrogens is 3. The molecule has 1 aromatic rings. The first-order valence-electron chi connectivity index (χ1n) is 8.09. The Morgan fingerprint density at radius 2 is 2.14 bits per heavy atom. The van der Waals surface area contributed by atoms with Gasteiger partial charge in [0.25, 0.3) is 0 Å². The Morgan fingerprint density at radius 1 is 1.36 bits per heavy atom. The van der Waals surface area contributed by atoms with E-state index >= 15 is 0 Å². The average molecular weight is 309 g/mol. The number of hydrogen-bond donors (Lipinski definition) is 2. The highest BCUT2D eigenvalue weighted by molar-refractivity contribution is 5.79. The summed E-state index contributed by atoms with van der Waals surface area (Å²) in [4.78, 5) is 11.1. The number of nitrogens with one attached hydrogen (secondary N) is 2. The van der Waals surface area contributed by atoms with E-state index in [0.29, 0.717) is 12.6 Å². The molecule has 0 aliphatic rings. The second-order valence-electron chi connectivity index (χ2n) is 5.70. The Balaban J connectivity index is 2.30. The van der Waals surface area contributed by atoms with Crippen LogP contribution in [0, 0.1) is 0 Å². The van der Waals surface area contributed by atoms with Gasteiger partial charge in [-0.2, -0.15) is 5.10 Å². The first-order valence-corrected chi connectivity index (χ1v) is 8.09. The van der Waals surface area contributed by atoms with Crippen molar-refractivity contribution in [3.05, 3.63) is 12.2 Å². The molecule has 0 saturated heterocycles. The fourth-order valence-corrected chi connectivity index (χ4v) is 1.91. The molecule has 126 valence electrons. The lowest BCUT2D eigenvalue weighted by molar-refractivity contribution is 0.268. The van der Waals surface area contributed by atoms with E-state index < -0.39 is 0 Å². The molecule has 1 rings (SSSR count). The molecule has 0 radical (unpaired) electrons. The van der Waals surface area contributed by atoms with Gasteiger partial charge in [0.2, 0.25) is 0 Å². The van der Waals surface area contributed by atoms with E-state index in [9.17, 15) is 0 Å². The maximum atomic E-state index is 4.54. The molecule has 0 amide bonds. The molecule has 0 aromatic carbocycles. The smallest absolute Gasteiger partial charge is 0.191 e. The van der Waals surface area contributed by atoms with E-state index in [0.717, 1.165) is 37.8 Å². The van der Waals surface area contributed by atoms with Crippen LogP contribution in [0.2, 0.25) is 0 Å². The lowest BCUT2D eigenvalue weighted by Gasteiger charge is -2.20. The van der Waals surface area contributed by atoms with Crippen molar-refractivity contribution < 1.29 is 0 Å². The Morgan fingerprint density at radius 3 is 2.73 bits per heavy atom. The zero-order valence-corrected chi connectivity index (χ0v) is 14.6. The molecule has 0 unspecified atom stereocenters. The van der Waals surface area contributed by atoms with Gasteiger partial charge in [0, 0.05) is 26.2 Å². The van der Waals surface area contributed by atoms with Crippen molar-refractivity contribution in [2.75, 3.05) is 26.7 Å². The van der Waals surface area contributed by atoms with E-state index in [2.05, 4.69) is 58.4 Å². The zero-order valence-electron chi connectivity index (χ0n) is 14.6. The summed E-state index contributed by atoms with van der Waals surface area (Å²) in [6.45, 7) is 9.95. The van der Waals surface area contributed by atoms with Crippen molar-refractivity contribution in [2.24, 2.45) is 12.0 Å². The van der Waals surface area contributed by atoms with Crippen LogP contribution in [-0.4, -0.2) is 58.3 Å². The van der Waals surface area contributed by atoms with Crippen LogP contribution >= 0.6 is 0 Å². The Kier molecular flexibility index (Phi) is 8.50. The maximum Gasteiger partial charge on any atom is 0.191 e. The molecule has 0 aliphatic heterocycles. The Hall–Kier alpha value is -1.63. The molecular weight excluding hydrogens is 278 g/mol. The average Bonchev–Trinajstić information content (AvgIpc) is 2.89. The van der Waals surface area contributed by atoms with Crippen LogP contribution in [0.1, 0.15) is 39.4 Å². The Labute approximate surface area is 134 Å². The number of hydrogen-bond acceptors (Lipinski definition) is 4. The van der Waals surface area contributed by atoms with Crippen molar-refractivity contribution in [3.8, 4) is 0 Å². The largest absolute Gasteiger partial charge is 0.357 e. The summed E-state index contributed by atoms with van der Waals surface area (Å²) in [5.41, 5.74) is 0. The summed E-state index contributed by atoms with van der Waals surface area (Å²) in [5.74, 6) is 1.69. The predicted octanol–water partition coefficient (Wildman–Crippen LogP) is 0.991. The summed E-state index contributed by atoms with van der Waals surface area (Å²) in [6.07, 6.45) is 3.87. The van der Waals surface area contributed by atoms with Gasteiger partial charge < -0.3 is 15.5 Å². The molecule has 2 N–H and O–H groups in total. The summed E-state index contributed by atoms with van der Waals surface area (Å²) in [6, 6.07) is 0.609. The number of rotatable bonds is 9. The van der Waals surface area contributed by atoms with Gasteiger partial charge in [0.15, 0.2) is 5.96 Å². The molecule has 0 saturated carbocycles. The van der Waals surface area contributed by atoms with Gasteiger partial charge in [-0.1, -0.05) is 0 Å². The number of nitrogens with zero attached hydrogens (tertiary/aromatic N) is 5. The van der Waals surface area contributed by atoms with Crippen LogP contribution < -0.4 is 10.6 Å². The highest BCUT2D eigenvalue weighted by Crippen LogP contribution is 1.97. The molecule has 0 aliphatic carbocycles. The van der Waals surface area contributed by atoms with Gasteiger partial charge in [0.05, 0.1) is 0 Å². The van der Waals surface area contributed by atoms with Crippen molar-refractivity contribution in [3.63, 3.8) is 0 Å². The summed E-state index contributed by atoms with van der Waals surface area (Å²) < 4.78 is 1.74. The fourth-order valence-electron chi connectivity index (χ4n) is 1.91. The predicted molar refractivity (Wildman–Crippen MR) is 90.8 cm³/mol. The molecule has 0 bridgehead atoms. The van der Waals surface area contributed by atoms with Gasteiger partial charge in [-0.15, -0.1) is 0 Å². The lowest BCUT2D eigenvalue weighted by atomic mass is 10.2. The van der Waals surface area contributed by atoms with Crippen LogP contribution in [0.25, 0.3) is 0 Å². The molecule has 7 nitrogen and oxygen atoms in total. The molecule has 0 fully saturated rings. The third-order valence-electron chi connectivity index (χ3n) is 3.64. The fraction of sp³-hybridized carbons (Fsp3) is 0.800. The highest BCUT2D eigenvalue weighted by Gasteiger charge is 2.03. The quantitative estimate of drug-likeness (QED) is 0.404. The molecule has 1 heterocycles. The number of unbranched alkanes of at least 4 members (excludes halogenated alkanes) is 1. The monoisotopic (exact) mass is 309 g/mol.